The minimum atomic E-state index is 0.336. The first kappa shape index (κ1) is 18.0. The molecule has 2 heterocycles. The van der Waals surface area contributed by atoms with Gasteiger partial charge in [-0.3, -0.25) is 0 Å². The van der Waals surface area contributed by atoms with Crippen molar-refractivity contribution in [2.45, 2.75) is 33.3 Å². The maximum absolute atomic E-state index is 6.03. The molecule has 0 bridgehead atoms. The number of nitrogens with zero attached hydrogens (tertiary/aromatic N) is 2. The minimum absolute atomic E-state index is 0.336. The molecule has 0 amide bonds. The molecule has 0 saturated carbocycles. The first-order chi connectivity index (χ1) is 13.6. The van der Waals surface area contributed by atoms with Crippen molar-refractivity contribution in [2.75, 3.05) is 0 Å². The van der Waals surface area contributed by atoms with Crippen LogP contribution in [0.5, 0.6) is 5.75 Å². The fourth-order valence-electron chi connectivity index (χ4n) is 2.99. The van der Waals surface area contributed by atoms with E-state index in [0.717, 1.165) is 11.3 Å². The third-order valence-electron chi connectivity index (χ3n) is 4.49. The summed E-state index contributed by atoms with van der Waals surface area (Å²) in [6, 6.07) is 19.7. The number of furan rings is 1. The van der Waals surface area contributed by atoms with Crippen LogP contribution in [-0.2, 0) is 6.61 Å². The molecule has 0 atom stereocenters. The predicted octanol–water partition coefficient (Wildman–Crippen LogP) is 6.01. The Bertz CT molecular complexity index is 1060. The van der Waals surface area contributed by atoms with E-state index in [1.807, 2.05) is 42.5 Å². The van der Waals surface area contributed by atoms with Crippen LogP contribution in [0.15, 0.2) is 69.6 Å². The average Bonchev–Trinajstić information content (AvgIpc) is 3.36. The fourth-order valence-corrected chi connectivity index (χ4v) is 2.99. The lowest BCUT2D eigenvalue weighted by molar-refractivity contribution is 0.267. The average molecular weight is 374 g/mol. The van der Waals surface area contributed by atoms with Gasteiger partial charge in [0.15, 0.2) is 5.76 Å². The van der Waals surface area contributed by atoms with Gasteiger partial charge in [-0.2, -0.15) is 4.98 Å². The highest BCUT2D eigenvalue weighted by Gasteiger charge is 2.15. The molecule has 0 saturated heterocycles. The summed E-state index contributed by atoms with van der Waals surface area (Å²) in [6.07, 6.45) is 0. The van der Waals surface area contributed by atoms with Gasteiger partial charge in [0.2, 0.25) is 5.82 Å². The molecular weight excluding hydrogens is 352 g/mol. The molecule has 5 nitrogen and oxygen atoms in total. The highest BCUT2D eigenvalue weighted by molar-refractivity contribution is 5.57. The van der Waals surface area contributed by atoms with Crippen LogP contribution in [0.25, 0.3) is 23.0 Å². The summed E-state index contributed by atoms with van der Waals surface area (Å²) >= 11 is 0. The molecule has 2 aromatic carbocycles. The van der Waals surface area contributed by atoms with Gasteiger partial charge in [-0.1, -0.05) is 61.5 Å². The molecule has 0 radical (unpaired) electrons. The largest absolute Gasteiger partial charge is 0.485 e. The quantitative estimate of drug-likeness (QED) is 0.414. The fraction of sp³-hybridized carbons (Fsp3) is 0.217. The Morgan fingerprint density at radius 1 is 1.00 bits per heavy atom. The van der Waals surface area contributed by atoms with E-state index in [0.29, 0.717) is 35.8 Å². The molecule has 0 aliphatic heterocycles. The molecule has 4 aromatic rings. The minimum Gasteiger partial charge on any atom is -0.485 e. The van der Waals surface area contributed by atoms with Crippen molar-refractivity contribution >= 4 is 0 Å². The Hall–Kier alpha value is -3.34. The number of benzene rings is 2. The van der Waals surface area contributed by atoms with E-state index >= 15 is 0 Å². The van der Waals surface area contributed by atoms with Crippen LogP contribution < -0.4 is 4.74 Å². The van der Waals surface area contributed by atoms with E-state index in [1.54, 1.807) is 0 Å². The lowest BCUT2D eigenvalue weighted by Crippen LogP contribution is -1.99. The molecule has 0 fully saturated rings. The van der Waals surface area contributed by atoms with E-state index in [1.165, 1.54) is 11.1 Å². The highest BCUT2D eigenvalue weighted by Crippen LogP contribution is 2.29. The molecule has 0 N–H and O–H groups in total. The van der Waals surface area contributed by atoms with Crippen molar-refractivity contribution in [3.8, 4) is 28.8 Å². The summed E-state index contributed by atoms with van der Waals surface area (Å²) in [5.41, 5.74) is 3.24. The van der Waals surface area contributed by atoms with Gasteiger partial charge in [-0.05, 0) is 42.2 Å². The van der Waals surface area contributed by atoms with Crippen molar-refractivity contribution in [1.82, 2.24) is 10.1 Å². The van der Waals surface area contributed by atoms with E-state index in [-0.39, 0.29) is 0 Å². The monoisotopic (exact) mass is 374 g/mol. The standard InChI is InChI=1S/C23H22N2O3/c1-15(2)19-11-9-16(3)13-21(19)26-14-18-10-12-20(27-18)23-24-22(25-28-23)17-7-5-4-6-8-17/h4-13,15H,14H2,1-3H3. The molecule has 0 unspecified atom stereocenters. The second-order valence-corrected chi connectivity index (χ2v) is 7.04. The van der Waals surface area contributed by atoms with Crippen LogP contribution in [0.1, 0.15) is 36.7 Å². The molecule has 5 heteroatoms. The summed E-state index contributed by atoms with van der Waals surface area (Å²) in [6.45, 7) is 6.70. The second-order valence-electron chi connectivity index (χ2n) is 7.04. The van der Waals surface area contributed by atoms with Crippen molar-refractivity contribution in [3.05, 3.63) is 77.6 Å². The molecule has 4 rings (SSSR count). The predicted molar refractivity (Wildman–Crippen MR) is 107 cm³/mol. The Labute approximate surface area is 164 Å². The van der Waals surface area contributed by atoms with Crippen LogP contribution in [0, 0.1) is 6.92 Å². The molecule has 142 valence electrons. The van der Waals surface area contributed by atoms with Crippen molar-refractivity contribution in [1.29, 1.82) is 0 Å². The van der Waals surface area contributed by atoms with E-state index < -0.39 is 0 Å². The molecular formula is C23H22N2O3. The van der Waals surface area contributed by atoms with Gasteiger partial charge < -0.3 is 13.7 Å². The van der Waals surface area contributed by atoms with Gasteiger partial charge in [-0.25, -0.2) is 0 Å². The number of hydrogen-bond acceptors (Lipinski definition) is 5. The van der Waals surface area contributed by atoms with Crippen LogP contribution in [0.2, 0.25) is 0 Å². The van der Waals surface area contributed by atoms with Gasteiger partial charge in [-0.15, -0.1) is 0 Å². The first-order valence-electron chi connectivity index (χ1n) is 9.31. The number of ether oxygens (including phenoxy) is 1. The van der Waals surface area contributed by atoms with Gasteiger partial charge in [0.25, 0.3) is 5.89 Å². The lowest BCUT2D eigenvalue weighted by atomic mass is 10.0. The Morgan fingerprint density at radius 2 is 1.82 bits per heavy atom. The zero-order valence-electron chi connectivity index (χ0n) is 16.2. The van der Waals surface area contributed by atoms with Crippen LogP contribution in [0.3, 0.4) is 0 Å². The first-order valence-corrected chi connectivity index (χ1v) is 9.31. The van der Waals surface area contributed by atoms with Gasteiger partial charge in [0, 0.05) is 5.56 Å². The summed E-state index contributed by atoms with van der Waals surface area (Å²) in [5.74, 6) is 3.39. The molecule has 2 aromatic heterocycles. The van der Waals surface area contributed by atoms with Crippen molar-refractivity contribution in [3.63, 3.8) is 0 Å². The number of aryl methyl sites for hydroxylation is 1. The summed E-state index contributed by atoms with van der Waals surface area (Å²) in [4.78, 5) is 4.42. The van der Waals surface area contributed by atoms with Gasteiger partial charge in [0.05, 0.1) is 0 Å². The highest BCUT2D eigenvalue weighted by atomic mass is 16.5. The molecule has 28 heavy (non-hydrogen) atoms. The zero-order chi connectivity index (χ0) is 19.5. The maximum Gasteiger partial charge on any atom is 0.293 e. The van der Waals surface area contributed by atoms with E-state index in [4.69, 9.17) is 13.7 Å². The van der Waals surface area contributed by atoms with Crippen molar-refractivity contribution < 1.29 is 13.7 Å². The zero-order valence-corrected chi connectivity index (χ0v) is 16.2. The Kier molecular flexibility index (Phi) is 4.98. The number of rotatable bonds is 6. The van der Waals surface area contributed by atoms with Crippen LogP contribution in [0.4, 0.5) is 0 Å². The maximum atomic E-state index is 6.03. The van der Waals surface area contributed by atoms with Crippen molar-refractivity contribution in [2.24, 2.45) is 0 Å². The Morgan fingerprint density at radius 3 is 2.61 bits per heavy atom. The van der Waals surface area contributed by atoms with Crippen LogP contribution in [-0.4, -0.2) is 10.1 Å². The number of aromatic nitrogens is 2. The van der Waals surface area contributed by atoms with Gasteiger partial charge in [0.1, 0.15) is 18.1 Å². The normalized spacial score (nSPS) is 11.1. The van der Waals surface area contributed by atoms with E-state index in [2.05, 4.69) is 49.1 Å². The third kappa shape index (κ3) is 3.83. The topological polar surface area (TPSA) is 61.3 Å². The molecule has 0 spiro atoms. The van der Waals surface area contributed by atoms with E-state index in [9.17, 15) is 0 Å². The van der Waals surface area contributed by atoms with Gasteiger partial charge >= 0.3 is 0 Å². The summed E-state index contributed by atoms with van der Waals surface area (Å²) < 4.78 is 17.2. The molecule has 0 aliphatic carbocycles. The molecule has 0 aliphatic rings. The Balaban J connectivity index is 1.49. The third-order valence-corrected chi connectivity index (χ3v) is 4.49. The smallest absolute Gasteiger partial charge is 0.293 e. The lowest BCUT2D eigenvalue weighted by Gasteiger charge is -2.14. The second kappa shape index (κ2) is 7.72. The van der Waals surface area contributed by atoms with Crippen LogP contribution >= 0.6 is 0 Å². The number of hydrogen-bond donors (Lipinski definition) is 0. The summed E-state index contributed by atoms with van der Waals surface area (Å²) in [5, 5.41) is 4.03. The summed E-state index contributed by atoms with van der Waals surface area (Å²) in [7, 11) is 0. The SMILES string of the molecule is Cc1ccc(C(C)C)c(OCc2ccc(-c3nc(-c4ccccc4)no3)o2)c1.